The average molecular weight is 167 g/mol. The number of hydrogen-bond acceptors (Lipinski definition) is 3. The number of carbonyl (C=O) groups is 2. The maximum atomic E-state index is 10.9. The van der Waals surface area contributed by atoms with E-state index in [4.69, 9.17) is 5.26 Å². The topological polar surface area (TPSA) is 82.0 Å². The molecule has 1 rings (SSSR count). The van der Waals surface area contributed by atoms with E-state index in [2.05, 4.69) is 10.6 Å². The van der Waals surface area contributed by atoms with E-state index in [0.717, 1.165) is 0 Å². The van der Waals surface area contributed by atoms with E-state index in [-0.39, 0.29) is 5.91 Å². The van der Waals surface area contributed by atoms with Gasteiger partial charge < -0.3 is 5.32 Å². The Labute approximate surface area is 69.7 Å². The zero-order valence-electron chi connectivity index (χ0n) is 6.46. The molecule has 1 aliphatic heterocycles. The van der Waals surface area contributed by atoms with E-state index in [0.29, 0.717) is 19.3 Å². The van der Waals surface area contributed by atoms with Crippen LogP contribution in [-0.4, -0.2) is 18.0 Å². The Morgan fingerprint density at radius 2 is 2.25 bits per heavy atom. The van der Waals surface area contributed by atoms with Gasteiger partial charge in [-0.2, -0.15) is 5.26 Å². The van der Waals surface area contributed by atoms with Crippen LogP contribution in [0.15, 0.2) is 0 Å². The fraction of sp³-hybridized carbons (Fsp3) is 0.571. The molecule has 0 aromatic rings. The maximum Gasteiger partial charge on any atom is 0.322 e. The van der Waals surface area contributed by atoms with Crippen LogP contribution in [0.5, 0.6) is 0 Å². The van der Waals surface area contributed by atoms with Crippen molar-refractivity contribution in [3.05, 3.63) is 0 Å². The molecule has 1 fully saturated rings. The van der Waals surface area contributed by atoms with Gasteiger partial charge in [0.2, 0.25) is 0 Å². The molecule has 2 N–H and O–H groups in total. The highest BCUT2D eigenvalue weighted by Gasteiger charge is 2.28. The predicted molar refractivity (Wildman–Crippen MR) is 39.9 cm³/mol. The Bertz CT molecular complexity index is 244. The van der Waals surface area contributed by atoms with Gasteiger partial charge in [0.15, 0.2) is 0 Å². The van der Waals surface area contributed by atoms with Crippen LogP contribution in [0.1, 0.15) is 19.3 Å². The van der Waals surface area contributed by atoms with Gasteiger partial charge in [-0.1, -0.05) is 0 Å². The maximum absolute atomic E-state index is 10.9. The van der Waals surface area contributed by atoms with Gasteiger partial charge in [0, 0.05) is 6.42 Å². The fourth-order valence-corrected chi connectivity index (χ4v) is 1.05. The molecule has 64 valence electrons. The molecule has 1 aliphatic rings. The molecule has 0 saturated carbocycles. The largest absolute Gasteiger partial charge is 0.326 e. The van der Waals surface area contributed by atoms with E-state index >= 15 is 0 Å². The number of unbranched alkanes of at least 4 members (excludes halogenated alkanes) is 1. The first-order valence-electron chi connectivity index (χ1n) is 3.72. The number of carbonyl (C=O) groups excluding carboxylic acids is 2. The smallest absolute Gasteiger partial charge is 0.322 e. The van der Waals surface area contributed by atoms with E-state index in [9.17, 15) is 9.59 Å². The second-order valence-electron chi connectivity index (χ2n) is 2.57. The summed E-state index contributed by atoms with van der Waals surface area (Å²) in [5.41, 5.74) is 0. The lowest BCUT2D eigenvalue weighted by atomic mass is 10.1. The zero-order valence-corrected chi connectivity index (χ0v) is 6.46. The molecule has 3 amide bonds. The number of urea groups is 1. The third kappa shape index (κ3) is 1.95. The highest BCUT2D eigenvalue weighted by atomic mass is 16.2. The summed E-state index contributed by atoms with van der Waals surface area (Å²) in [4.78, 5) is 21.5. The molecule has 0 radical (unpaired) electrons. The normalized spacial score (nSPS) is 21.4. The van der Waals surface area contributed by atoms with Crippen molar-refractivity contribution in [3.8, 4) is 6.07 Å². The molecule has 0 aromatic heterocycles. The molecule has 0 aromatic carbocycles. The van der Waals surface area contributed by atoms with Crippen LogP contribution in [0, 0.1) is 11.3 Å². The molecule has 0 aliphatic carbocycles. The molecule has 5 heteroatoms. The minimum atomic E-state index is -0.443. The van der Waals surface area contributed by atoms with Gasteiger partial charge in [-0.3, -0.25) is 10.1 Å². The summed E-state index contributed by atoms with van der Waals surface area (Å²) >= 11 is 0. The van der Waals surface area contributed by atoms with Crippen molar-refractivity contribution in [2.75, 3.05) is 0 Å². The van der Waals surface area contributed by atoms with Crippen molar-refractivity contribution in [2.45, 2.75) is 25.3 Å². The summed E-state index contributed by atoms with van der Waals surface area (Å²) < 4.78 is 0. The van der Waals surface area contributed by atoms with Crippen molar-refractivity contribution in [1.29, 1.82) is 5.26 Å². The summed E-state index contributed by atoms with van der Waals surface area (Å²) in [6.45, 7) is 0. The lowest BCUT2D eigenvalue weighted by Crippen LogP contribution is -2.28. The number of imide groups is 1. The van der Waals surface area contributed by atoms with Crippen molar-refractivity contribution < 1.29 is 9.59 Å². The molecule has 12 heavy (non-hydrogen) atoms. The summed E-state index contributed by atoms with van der Waals surface area (Å²) in [6.07, 6.45) is 1.58. The van der Waals surface area contributed by atoms with Crippen LogP contribution < -0.4 is 10.6 Å². The van der Waals surface area contributed by atoms with Gasteiger partial charge in [0.05, 0.1) is 6.07 Å². The third-order valence-corrected chi connectivity index (χ3v) is 1.64. The quantitative estimate of drug-likeness (QED) is 0.454. The van der Waals surface area contributed by atoms with Crippen LogP contribution in [0.25, 0.3) is 0 Å². The van der Waals surface area contributed by atoms with Crippen molar-refractivity contribution >= 4 is 11.9 Å². The number of nitrogens with one attached hydrogen (secondary N) is 2. The molecule has 5 nitrogen and oxygen atoms in total. The van der Waals surface area contributed by atoms with E-state index in [1.807, 2.05) is 6.07 Å². The zero-order chi connectivity index (χ0) is 8.97. The van der Waals surface area contributed by atoms with Gasteiger partial charge in [0.25, 0.3) is 5.91 Å². The summed E-state index contributed by atoms with van der Waals surface area (Å²) in [5.74, 6) is -0.294. The SMILES string of the molecule is N#CCCCC1NC(=O)NC1=O. The Morgan fingerprint density at radius 1 is 1.50 bits per heavy atom. The van der Waals surface area contributed by atoms with E-state index < -0.39 is 12.1 Å². The van der Waals surface area contributed by atoms with Crippen molar-refractivity contribution in [2.24, 2.45) is 0 Å². The van der Waals surface area contributed by atoms with Crippen LogP contribution in [-0.2, 0) is 4.79 Å². The Hall–Kier alpha value is -1.57. The molecular formula is C7H9N3O2. The lowest BCUT2D eigenvalue weighted by molar-refractivity contribution is -0.120. The highest BCUT2D eigenvalue weighted by Crippen LogP contribution is 2.03. The minimum Gasteiger partial charge on any atom is -0.326 e. The Kier molecular flexibility index (Phi) is 2.64. The predicted octanol–water partition coefficient (Wildman–Crippen LogP) is -0.112. The van der Waals surface area contributed by atoms with E-state index in [1.165, 1.54) is 0 Å². The number of hydrogen-bond donors (Lipinski definition) is 2. The summed E-state index contributed by atoms with van der Waals surface area (Å²) in [7, 11) is 0. The Morgan fingerprint density at radius 3 is 2.75 bits per heavy atom. The number of nitriles is 1. The molecule has 0 spiro atoms. The van der Waals surface area contributed by atoms with E-state index in [1.54, 1.807) is 0 Å². The monoisotopic (exact) mass is 167 g/mol. The second-order valence-corrected chi connectivity index (χ2v) is 2.57. The number of nitrogens with zero attached hydrogens (tertiary/aromatic N) is 1. The lowest BCUT2D eigenvalue weighted by Gasteiger charge is -2.03. The Balaban J connectivity index is 2.29. The van der Waals surface area contributed by atoms with Gasteiger partial charge in [-0.25, -0.2) is 4.79 Å². The number of amides is 3. The highest BCUT2D eigenvalue weighted by molar-refractivity contribution is 6.04. The molecule has 0 bridgehead atoms. The first-order valence-corrected chi connectivity index (χ1v) is 3.72. The molecular weight excluding hydrogens is 158 g/mol. The van der Waals surface area contributed by atoms with Crippen LogP contribution in [0.2, 0.25) is 0 Å². The van der Waals surface area contributed by atoms with Gasteiger partial charge in [0.1, 0.15) is 6.04 Å². The first kappa shape index (κ1) is 8.53. The summed E-state index contributed by atoms with van der Waals surface area (Å²) in [5, 5.41) is 12.8. The summed E-state index contributed by atoms with van der Waals surface area (Å²) in [6, 6.07) is 1.09. The third-order valence-electron chi connectivity index (χ3n) is 1.64. The molecule has 1 unspecified atom stereocenters. The van der Waals surface area contributed by atoms with Gasteiger partial charge in [-0.15, -0.1) is 0 Å². The van der Waals surface area contributed by atoms with Crippen molar-refractivity contribution in [1.82, 2.24) is 10.6 Å². The van der Waals surface area contributed by atoms with Crippen LogP contribution in [0.4, 0.5) is 4.79 Å². The standard InChI is InChI=1S/C7H9N3O2/c8-4-2-1-3-5-6(11)10-7(12)9-5/h5H,1-3H2,(H2,9,10,11,12). The van der Waals surface area contributed by atoms with Gasteiger partial charge in [-0.05, 0) is 12.8 Å². The molecule has 1 heterocycles. The number of rotatable bonds is 3. The molecule has 1 atom stereocenters. The average Bonchev–Trinajstić information content (AvgIpc) is 2.31. The van der Waals surface area contributed by atoms with Crippen LogP contribution >= 0.6 is 0 Å². The molecule has 1 saturated heterocycles. The second kappa shape index (κ2) is 3.72. The van der Waals surface area contributed by atoms with Crippen molar-refractivity contribution in [3.63, 3.8) is 0 Å². The fourth-order valence-electron chi connectivity index (χ4n) is 1.05. The first-order chi connectivity index (χ1) is 5.74. The van der Waals surface area contributed by atoms with Gasteiger partial charge >= 0.3 is 6.03 Å². The van der Waals surface area contributed by atoms with Crippen LogP contribution in [0.3, 0.4) is 0 Å². The minimum absolute atomic E-state index is 0.294.